The van der Waals surface area contributed by atoms with E-state index < -0.39 is 166 Å². The molecule has 9 atom stereocenters. The quantitative estimate of drug-likeness (QED) is 0.205. The molecule has 0 aromatic heterocycles. The Balaban J connectivity index is 1.29. The van der Waals surface area contributed by atoms with E-state index in [1.165, 1.54) is 89.6 Å². The molecule has 0 unspecified atom stereocenters. The van der Waals surface area contributed by atoms with E-state index >= 15 is 24.0 Å². The Labute approximate surface area is 599 Å². The molecule has 2 aliphatic carbocycles. The number of nitrogens with zero attached hydrogens (tertiary/aromatic N) is 9. The molecule has 2 saturated carbocycles. The number of hydrogen-bond acceptors (Lipinski definition) is 12. The maximum absolute atomic E-state index is 15.5. The number of rotatable bonds is 12. The van der Waals surface area contributed by atoms with Gasteiger partial charge in [0.1, 0.15) is 59.9 Å². The molecule has 4 saturated heterocycles. The molecule has 101 heavy (non-hydrogen) atoms. The Kier molecular flexibility index (Phi) is 28.5. The van der Waals surface area contributed by atoms with Crippen LogP contribution in [0.3, 0.4) is 0 Å². The summed E-state index contributed by atoms with van der Waals surface area (Å²) in [5.74, 6) is -8.28. The molecule has 3 N–H and O–H groups in total. The lowest BCUT2D eigenvalue weighted by atomic mass is 9.84. The molecule has 24 nitrogen and oxygen atoms in total. The summed E-state index contributed by atoms with van der Waals surface area (Å²) in [5.41, 5.74) is -2.35. The van der Waals surface area contributed by atoms with Crippen molar-refractivity contribution < 1.29 is 70.7 Å². The van der Waals surface area contributed by atoms with E-state index in [-0.39, 0.29) is 88.6 Å². The summed E-state index contributed by atoms with van der Waals surface area (Å²) in [5, 5.41) is 8.17. The van der Waals surface area contributed by atoms with Crippen molar-refractivity contribution >= 4 is 82.5 Å². The first-order valence-electron chi connectivity index (χ1n) is 36.7. The van der Waals surface area contributed by atoms with Gasteiger partial charge in [0.2, 0.25) is 70.9 Å². The smallest absolute Gasteiger partial charge is 0.343 e. The minimum atomic E-state index is -4.76. The molecule has 1 spiro atoms. The van der Waals surface area contributed by atoms with E-state index in [4.69, 9.17) is 11.6 Å². The van der Waals surface area contributed by atoms with Gasteiger partial charge in [-0.3, -0.25) is 57.5 Å². The van der Waals surface area contributed by atoms with Gasteiger partial charge in [-0.05, 0) is 138 Å². The maximum Gasteiger partial charge on any atom is 0.417 e. The van der Waals surface area contributed by atoms with E-state index in [1.807, 2.05) is 27.7 Å². The lowest BCUT2D eigenvalue weighted by molar-refractivity contribution is -0.160. The average molecular weight is 1440 g/mol. The van der Waals surface area contributed by atoms with E-state index in [0.29, 0.717) is 57.2 Å². The van der Waals surface area contributed by atoms with Crippen molar-refractivity contribution in [3.05, 3.63) is 34.3 Å². The first-order chi connectivity index (χ1) is 47.5. The molecule has 1 aromatic rings. The molecule has 0 radical (unpaired) electrons. The van der Waals surface area contributed by atoms with Crippen LogP contribution in [0.25, 0.3) is 0 Å². The largest absolute Gasteiger partial charge is 0.417 e. The number of halogens is 4. The first-order valence-corrected chi connectivity index (χ1v) is 37.1. The molecule has 28 heteroatoms. The SMILES string of the molecule is CC(C)CC[C@@H]1NC(=O)[C@H](CC(C)C)N(C)C(=O)C[C@@H](C(=O)N2CCCCC2)N(C)C(=O)[C@H](C(C)C)N(C)C(=O)C2(CCCC2)NC(=O)[C@@H]2CCCN2C(=O)[C@H](CCc2ccc(C(F)(F)F)c(Cl)c2)NC(=O)CN(C)C(=O)[C@H](CC2CCCCC2)N(C)C(=O)[C@@H]2CCN2C(=O)[C@H](C)N(C)C1=O. The van der Waals surface area contributed by atoms with Crippen molar-refractivity contribution in [2.24, 2.45) is 23.7 Å². The minimum absolute atomic E-state index is 0.0231. The van der Waals surface area contributed by atoms with Crippen molar-refractivity contribution in [3.8, 4) is 0 Å². The van der Waals surface area contributed by atoms with Crippen LogP contribution in [0, 0.1) is 23.7 Å². The van der Waals surface area contributed by atoms with E-state index in [2.05, 4.69) is 16.0 Å². The van der Waals surface area contributed by atoms with Crippen molar-refractivity contribution in [1.82, 2.24) is 60.0 Å². The number of carbonyl (C=O) groups excluding carboxylic acids is 12. The summed E-state index contributed by atoms with van der Waals surface area (Å²) in [6.07, 6.45) is 4.00. The third-order valence-corrected chi connectivity index (χ3v) is 22.3. The van der Waals surface area contributed by atoms with Gasteiger partial charge in [0, 0.05) is 68.5 Å². The van der Waals surface area contributed by atoms with Crippen LogP contribution >= 0.6 is 11.6 Å². The van der Waals surface area contributed by atoms with Crippen molar-refractivity contribution in [2.75, 3.05) is 75.0 Å². The molecule has 6 aliphatic rings. The number of amides is 12. The zero-order chi connectivity index (χ0) is 74.7. The van der Waals surface area contributed by atoms with Gasteiger partial charge in [0.05, 0.1) is 23.6 Å². The van der Waals surface area contributed by atoms with Gasteiger partial charge in [0.25, 0.3) is 0 Å². The number of nitrogens with one attached hydrogen (secondary N) is 3. The van der Waals surface area contributed by atoms with Crippen LogP contribution in [0.4, 0.5) is 13.2 Å². The summed E-state index contributed by atoms with van der Waals surface area (Å²) >= 11 is 6.16. The Morgan fingerprint density at radius 1 is 0.604 bits per heavy atom. The predicted molar refractivity (Wildman–Crippen MR) is 374 cm³/mol. The van der Waals surface area contributed by atoms with E-state index in [9.17, 15) is 46.7 Å². The Morgan fingerprint density at radius 2 is 1.23 bits per heavy atom. The van der Waals surface area contributed by atoms with Gasteiger partial charge in [-0.2, -0.15) is 13.2 Å². The highest BCUT2D eigenvalue weighted by Crippen LogP contribution is 2.38. The zero-order valence-electron chi connectivity index (χ0n) is 61.8. The molecule has 4 aliphatic heterocycles. The molecule has 1 aromatic carbocycles. The highest BCUT2D eigenvalue weighted by molar-refractivity contribution is 6.31. The predicted octanol–water partition coefficient (Wildman–Crippen LogP) is 6.42. The molecule has 7 rings (SSSR count). The van der Waals surface area contributed by atoms with Crippen LogP contribution in [0.1, 0.15) is 194 Å². The third kappa shape index (κ3) is 19.8. The van der Waals surface area contributed by atoms with Crippen LogP contribution in [-0.2, 0) is 70.1 Å². The van der Waals surface area contributed by atoms with Crippen LogP contribution in [0.2, 0.25) is 5.02 Å². The van der Waals surface area contributed by atoms with Crippen molar-refractivity contribution in [2.45, 2.75) is 256 Å². The van der Waals surface area contributed by atoms with Crippen molar-refractivity contribution in [1.29, 1.82) is 0 Å². The summed E-state index contributed by atoms with van der Waals surface area (Å²) in [6, 6.07) is -7.80. The number of benzene rings is 1. The first kappa shape index (κ1) is 81.2. The molecule has 4 heterocycles. The number of carbonyl (C=O) groups is 12. The van der Waals surface area contributed by atoms with Crippen molar-refractivity contribution in [3.63, 3.8) is 0 Å². The number of likely N-dealkylation sites (tertiary alicyclic amines) is 1. The number of alkyl halides is 3. The highest BCUT2D eigenvalue weighted by atomic mass is 35.5. The molecule has 6 fully saturated rings. The molecule has 564 valence electrons. The normalized spacial score (nSPS) is 27.4. The third-order valence-electron chi connectivity index (χ3n) is 22.0. The second-order valence-electron chi connectivity index (χ2n) is 30.6. The zero-order valence-corrected chi connectivity index (χ0v) is 62.5. The van der Waals surface area contributed by atoms with Crippen LogP contribution in [0.5, 0.6) is 0 Å². The summed E-state index contributed by atoms with van der Waals surface area (Å²) in [7, 11) is 8.63. The number of hydrogen-bond donors (Lipinski definition) is 3. The van der Waals surface area contributed by atoms with Crippen LogP contribution < -0.4 is 16.0 Å². The second kappa shape index (κ2) is 35.4. The summed E-state index contributed by atoms with van der Waals surface area (Å²) in [4.78, 5) is 192. The number of piperidine rings is 1. The number of fused-ring (bicyclic) bond motifs is 2. The van der Waals surface area contributed by atoms with E-state index in [0.717, 1.165) is 55.6 Å². The Bertz CT molecular complexity index is 3170. The number of likely N-dealkylation sites (N-methyl/N-ethyl adjacent to an activating group) is 6. The second-order valence-corrected chi connectivity index (χ2v) is 31.0. The van der Waals surface area contributed by atoms with Gasteiger partial charge < -0.3 is 60.0 Å². The summed E-state index contributed by atoms with van der Waals surface area (Å²) in [6.45, 7) is 13.0. The summed E-state index contributed by atoms with van der Waals surface area (Å²) < 4.78 is 41.6. The molecular weight excluding hydrogens is 1330 g/mol. The average Bonchev–Trinajstić information content (AvgIpc) is 1.25. The topological polar surface area (TPSA) is 270 Å². The molecule has 12 amide bonds. The standard InChI is InChI=1S/C73H112ClF3N12O12/c1-44(2)26-30-52-65(95)82(9)47(7)64(94)89-38-32-55(89)68(98)84(11)57(41-48-23-16-14-17-24-48)67(97)81(8)43-59(90)78-53(31-28-49-27-29-50(51(74)40-49)73(75,76)77)66(96)88-37-22-25-54(88)63(93)80-72(33-18-19-34-72)71(101)86(13)61(46(5)6)70(100)85(12)58(69(99)87-35-20-15-21-36-87)42-60(91)83(10)56(39-45(3)4)62(92)79-52/h27,29,40,44-48,52-58,61H,14-26,28,30-39,41-43H2,1-13H3,(H,78,90)(H,79,92)(H,80,93)/t47-,52-,53-,54-,55-,56-,57-,58-,61-/m0/s1. The fraction of sp³-hybridized carbons (Fsp3) is 0.753. The Morgan fingerprint density at radius 3 is 1.81 bits per heavy atom. The van der Waals surface area contributed by atoms with Gasteiger partial charge in [-0.25, -0.2) is 0 Å². The fourth-order valence-corrected chi connectivity index (χ4v) is 15.9. The monoisotopic (exact) mass is 1440 g/mol. The van der Waals surface area contributed by atoms with Crippen LogP contribution in [-0.4, -0.2) is 250 Å². The van der Waals surface area contributed by atoms with Gasteiger partial charge in [-0.1, -0.05) is 104 Å². The van der Waals surface area contributed by atoms with Crippen LogP contribution in [0.15, 0.2) is 18.2 Å². The lowest BCUT2D eigenvalue weighted by Gasteiger charge is -2.45. The molecular formula is C73H112ClF3N12O12. The lowest BCUT2D eigenvalue weighted by Crippen LogP contribution is -2.65. The maximum atomic E-state index is 15.5. The Hall–Kier alpha value is -7.06. The van der Waals surface area contributed by atoms with E-state index in [1.54, 1.807) is 18.7 Å². The fourth-order valence-electron chi connectivity index (χ4n) is 15.6. The van der Waals surface area contributed by atoms with Gasteiger partial charge >= 0.3 is 6.18 Å². The van der Waals surface area contributed by atoms with Gasteiger partial charge in [0.15, 0.2) is 0 Å². The minimum Gasteiger partial charge on any atom is -0.343 e. The van der Waals surface area contributed by atoms with Gasteiger partial charge in [-0.15, -0.1) is 0 Å². The number of aryl methyl sites for hydroxylation is 1. The molecule has 0 bridgehead atoms. The highest BCUT2D eigenvalue weighted by Gasteiger charge is 2.51.